The smallest absolute Gasteiger partial charge is 0.202 e. The van der Waals surface area contributed by atoms with E-state index in [1.54, 1.807) is 12.1 Å². The van der Waals surface area contributed by atoms with Crippen molar-refractivity contribution in [1.29, 1.82) is 0 Å². The molecular formula is C15H15FN4. The molecule has 0 saturated heterocycles. The number of nitrogen functional groups attached to an aromatic ring is 1. The second kappa shape index (κ2) is 4.92. The Morgan fingerprint density at radius 2 is 1.85 bits per heavy atom. The summed E-state index contributed by atoms with van der Waals surface area (Å²) in [6.45, 7) is 2.61. The van der Waals surface area contributed by atoms with Crippen molar-refractivity contribution in [2.24, 2.45) is 0 Å². The van der Waals surface area contributed by atoms with E-state index in [-0.39, 0.29) is 5.82 Å². The maximum atomic E-state index is 12.9. The molecule has 5 heteroatoms. The van der Waals surface area contributed by atoms with Crippen LogP contribution in [0.3, 0.4) is 0 Å². The third kappa shape index (κ3) is 2.34. The summed E-state index contributed by atoms with van der Waals surface area (Å²) in [4.78, 5) is 8.78. The van der Waals surface area contributed by atoms with E-state index in [0.717, 1.165) is 28.8 Å². The number of benzene rings is 1. The van der Waals surface area contributed by atoms with Crippen LogP contribution in [0.5, 0.6) is 0 Å². The Morgan fingerprint density at radius 3 is 2.60 bits per heavy atom. The van der Waals surface area contributed by atoms with Gasteiger partial charge in [-0.3, -0.25) is 4.57 Å². The summed E-state index contributed by atoms with van der Waals surface area (Å²) in [6.07, 6.45) is 0.756. The zero-order chi connectivity index (χ0) is 14.1. The molecule has 20 heavy (non-hydrogen) atoms. The lowest BCUT2D eigenvalue weighted by molar-refractivity contribution is 0.626. The van der Waals surface area contributed by atoms with Crippen molar-refractivity contribution in [3.63, 3.8) is 0 Å². The van der Waals surface area contributed by atoms with Crippen LogP contribution in [0, 0.1) is 12.7 Å². The van der Waals surface area contributed by atoms with Crippen LogP contribution in [0.4, 0.5) is 10.3 Å². The number of rotatable bonds is 3. The number of nitrogens with zero attached hydrogens (tertiary/aromatic N) is 3. The zero-order valence-corrected chi connectivity index (χ0v) is 11.2. The van der Waals surface area contributed by atoms with Crippen molar-refractivity contribution in [2.45, 2.75) is 19.9 Å². The van der Waals surface area contributed by atoms with Crippen molar-refractivity contribution in [1.82, 2.24) is 14.5 Å². The van der Waals surface area contributed by atoms with Gasteiger partial charge in [-0.1, -0.05) is 12.1 Å². The second-order valence-corrected chi connectivity index (χ2v) is 4.79. The van der Waals surface area contributed by atoms with Crippen LogP contribution in [0.2, 0.25) is 0 Å². The molecule has 0 atom stereocenters. The molecule has 1 aromatic carbocycles. The minimum absolute atomic E-state index is 0.223. The Hall–Kier alpha value is -2.43. The first-order chi connectivity index (χ1) is 9.63. The van der Waals surface area contributed by atoms with Gasteiger partial charge in [-0.2, -0.15) is 0 Å². The molecule has 3 rings (SSSR count). The number of anilines is 1. The lowest BCUT2D eigenvalue weighted by Crippen LogP contribution is -2.06. The van der Waals surface area contributed by atoms with Gasteiger partial charge in [0, 0.05) is 12.2 Å². The number of hydrogen-bond acceptors (Lipinski definition) is 3. The highest BCUT2D eigenvalue weighted by Gasteiger charge is 2.09. The molecule has 0 spiro atoms. The second-order valence-electron chi connectivity index (χ2n) is 4.79. The summed E-state index contributed by atoms with van der Waals surface area (Å²) in [5, 5.41) is 0. The monoisotopic (exact) mass is 270 g/mol. The third-order valence-electron chi connectivity index (χ3n) is 3.30. The van der Waals surface area contributed by atoms with Gasteiger partial charge in [-0.25, -0.2) is 14.4 Å². The maximum absolute atomic E-state index is 12.9. The van der Waals surface area contributed by atoms with Crippen molar-refractivity contribution in [2.75, 3.05) is 5.73 Å². The summed E-state index contributed by atoms with van der Waals surface area (Å²) < 4.78 is 14.8. The van der Waals surface area contributed by atoms with Crippen molar-refractivity contribution in [3.05, 3.63) is 53.5 Å². The fourth-order valence-electron chi connectivity index (χ4n) is 2.23. The lowest BCUT2D eigenvalue weighted by Gasteiger charge is -2.06. The molecule has 4 nitrogen and oxygen atoms in total. The van der Waals surface area contributed by atoms with E-state index in [0.29, 0.717) is 12.5 Å². The average molecular weight is 270 g/mol. The first-order valence-corrected chi connectivity index (χ1v) is 6.47. The molecule has 0 aliphatic carbocycles. The van der Waals surface area contributed by atoms with Gasteiger partial charge < -0.3 is 5.73 Å². The minimum atomic E-state index is -0.223. The molecule has 0 radical (unpaired) electrons. The van der Waals surface area contributed by atoms with E-state index in [4.69, 9.17) is 5.73 Å². The summed E-state index contributed by atoms with van der Waals surface area (Å²) in [5.74, 6) is 0.235. The van der Waals surface area contributed by atoms with Gasteiger partial charge in [0.2, 0.25) is 5.95 Å². The minimum Gasteiger partial charge on any atom is -0.369 e. The first kappa shape index (κ1) is 12.6. The van der Waals surface area contributed by atoms with Gasteiger partial charge in [0.05, 0.1) is 0 Å². The summed E-state index contributed by atoms with van der Waals surface area (Å²) in [7, 11) is 0. The lowest BCUT2D eigenvalue weighted by atomic mass is 10.1. The van der Waals surface area contributed by atoms with Crippen LogP contribution in [0.15, 0.2) is 36.4 Å². The molecule has 0 aliphatic rings. The van der Waals surface area contributed by atoms with Gasteiger partial charge in [0.15, 0.2) is 5.65 Å². The molecule has 2 aromatic heterocycles. The van der Waals surface area contributed by atoms with E-state index in [1.807, 2.05) is 23.6 Å². The van der Waals surface area contributed by atoms with Crippen LogP contribution < -0.4 is 5.73 Å². The predicted molar refractivity (Wildman–Crippen MR) is 76.8 cm³/mol. The van der Waals surface area contributed by atoms with E-state index >= 15 is 0 Å². The van der Waals surface area contributed by atoms with Crippen LogP contribution in [-0.2, 0) is 13.0 Å². The van der Waals surface area contributed by atoms with Crippen LogP contribution >= 0.6 is 0 Å². The van der Waals surface area contributed by atoms with Crippen LogP contribution in [0.1, 0.15) is 11.3 Å². The van der Waals surface area contributed by atoms with Crippen molar-refractivity contribution >= 4 is 17.1 Å². The Labute approximate surface area is 116 Å². The van der Waals surface area contributed by atoms with Crippen molar-refractivity contribution < 1.29 is 4.39 Å². The van der Waals surface area contributed by atoms with E-state index in [1.165, 1.54) is 12.1 Å². The summed E-state index contributed by atoms with van der Waals surface area (Å²) in [5.41, 5.74) is 9.52. The molecule has 0 saturated carbocycles. The van der Waals surface area contributed by atoms with Gasteiger partial charge in [0.25, 0.3) is 0 Å². The number of nitrogens with two attached hydrogens (primary N) is 1. The number of aryl methyl sites for hydroxylation is 3. The Bertz CT molecular complexity index is 746. The molecule has 0 unspecified atom stereocenters. The number of hydrogen-bond donors (Lipinski definition) is 1. The van der Waals surface area contributed by atoms with Gasteiger partial charge in [0.1, 0.15) is 11.3 Å². The average Bonchev–Trinajstić information content (AvgIpc) is 2.73. The topological polar surface area (TPSA) is 56.7 Å². The fraction of sp³-hybridized carbons (Fsp3) is 0.200. The highest BCUT2D eigenvalue weighted by molar-refractivity contribution is 5.74. The van der Waals surface area contributed by atoms with Crippen LogP contribution in [0.25, 0.3) is 11.2 Å². The predicted octanol–water partition coefficient (Wildman–Crippen LogP) is 2.70. The van der Waals surface area contributed by atoms with Crippen LogP contribution in [-0.4, -0.2) is 14.5 Å². The number of imidazole rings is 1. The highest BCUT2D eigenvalue weighted by Crippen LogP contribution is 2.17. The number of aromatic nitrogens is 3. The molecule has 0 amide bonds. The number of halogens is 1. The normalized spacial score (nSPS) is 11.1. The Balaban J connectivity index is 1.88. The van der Waals surface area contributed by atoms with E-state index < -0.39 is 0 Å². The van der Waals surface area contributed by atoms with Gasteiger partial charge in [-0.05, 0) is 43.2 Å². The summed E-state index contributed by atoms with van der Waals surface area (Å²) >= 11 is 0. The Morgan fingerprint density at radius 1 is 1.10 bits per heavy atom. The SMILES string of the molecule is Cc1ccc2nc(N)n(CCc3ccc(F)cc3)c2n1. The fourth-order valence-corrected chi connectivity index (χ4v) is 2.23. The third-order valence-corrected chi connectivity index (χ3v) is 3.30. The van der Waals surface area contributed by atoms with Crippen molar-refractivity contribution in [3.8, 4) is 0 Å². The molecule has 0 aliphatic heterocycles. The molecule has 2 heterocycles. The van der Waals surface area contributed by atoms with Gasteiger partial charge in [-0.15, -0.1) is 0 Å². The Kier molecular flexibility index (Phi) is 3.10. The summed E-state index contributed by atoms with van der Waals surface area (Å²) in [6, 6.07) is 10.3. The molecule has 102 valence electrons. The molecular weight excluding hydrogens is 255 g/mol. The molecule has 2 N–H and O–H groups in total. The maximum Gasteiger partial charge on any atom is 0.202 e. The number of fused-ring (bicyclic) bond motifs is 1. The largest absolute Gasteiger partial charge is 0.369 e. The first-order valence-electron chi connectivity index (χ1n) is 6.47. The zero-order valence-electron chi connectivity index (χ0n) is 11.2. The quantitative estimate of drug-likeness (QED) is 0.796. The molecule has 0 bridgehead atoms. The standard InChI is InChI=1S/C15H15FN4/c1-10-2-7-13-14(18-10)20(15(17)19-13)9-8-11-3-5-12(16)6-4-11/h2-7H,8-9H2,1H3,(H2,17,19). The molecule has 0 fully saturated rings. The number of pyridine rings is 1. The van der Waals surface area contributed by atoms with E-state index in [2.05, 4.69) is 9.97 Å². The van der Waals surface area contributed by atoms with E-state index in [9.17, 15) is 4.39 Å². The van der Waals surface area contributed by atoms with Gasteiger partial charge >= 0.3 is 0 Å². The molecule has 3 aromatic rings. The highest BCUT2D eigenvalue weighted by atomic mass is 19.1.